The molecule has 0 aromatic heterocycles. The highest BCUT2D eigenvalue weighted by Gasteiger charge is 2.32. The van der Waals surface area contributed by atoms with Gasteiger partial charge in [0.15, 0.2) is 0 Å². The maximum atomic E-state index is 9.64. The highest BCUT2D eigenvalue weighted by atomic mass is 16.3. The summed E-state index contributed by atoms with van der Waals surface area (Å²) in [4.78, 5) is 4.18. The molecule has 0 aromatic rings. The molecule has 2 unspecified atom stereocenters. The summed E-state index contributed by atoms with van der Waals surface area (Å²) in [5.41, 5.74) is 0. The Balaban J connectivity index is 2.56. The van der Waals surface area contributed by atoms with Crippen molar-refractivity contribution >= 4 is 5.84 Å². The zero-order chi connectivity index (χ0) is 11.4. The fraction of sp³-hybridized carbons (Fsp3) is 0.909. The number of β-amino-alcohol motifs (C(OH)–C–C–N with tert-alkyl or cyclic N) is 1. The number of hydrogen-bond donors (Lipinski definition) is 2. The van der Waals surface area contributed by atoms with Crippen molar-refractivity contribution in [1.82, 2.24) is 9.80 Å². The van der Waals surface area contributed by atoms with Gasteiger partial charge in [0, 0.05) is 25.6 Å². The van der Waals surface area contributed by atoms with E-state index in [1.54, 1.807) is 0 Å². The fourth-order valence-electron chi connectivity index (χ4n) is 2.20. The number of likely N-dealkylation sites (tertiary alicyclic amines) is 1. The molecule has 0 bridgehead atoms. The summed E-state index contributed by atoms with van der Waals surface area (Å²) in [5, 5.41) is 17.6. The minimum absolute atomic E-state index is 0.257. The largest absolute Gasteiger partial charge is 0.391 e. The van der Waals surface area contributed by atoms with Crippen LogP contribution in [0.2, 0.25) is 0 Å². The van der Waals surface area contributed by atoms with E-state index in [2.05, 4.69) is 16.7 Å². The molecule has 4 nitrogen and oxygen atoms in total. The van der Waals surface area contributed by atoms with Crippen LogP contribution in [0.25, 0.3) is 0 Å². The molecule has 1 aliphatic rings. The molecule has 1 rings (SSSR count). The van der Waals surface area contributed by atoms with Crippen LogP contribution in [0.5, 0.6) is 0 Å². The molecule has 2 N–H and O–H groups in total. The van der Waals surface area contributed by atoms with Crippen LogP contribution >= 0.6 is 0 Å². The zero-order valence-electron chi connectivity index (χ0n) is 10.0. The third kappa shape index (κ3) is 3.47. The molecule has 0 amide bonds. The van der Waals surface area contributed by atoms with Crippen molar-refractivity contribution in [1.29, 1.82) is 5.41 Å². The SMILES string of the molecule is CCCC(=N)N1CC(O)CC1CN(C)C. The van der Waals surface area contributed by atoms with Crippen molar-refractivity contribution in [3.63, 3.8) is 0 Å². The van der Waals surface area contributed by atoms with Crippen LogP contribution in [0.3, 0.4) is 0 Å². The Morgan fingerprint density at radius 1 is 1.53 bits per heavy atom. The summed E-state index contributed by atoms with van der Waals surface area (Å²) in [6.45, 7) is 3.64. The van der Waals surface area contributed by atoms with Crippen LogP contribution in [-0.4, -0.2) is 60.1 Å². The molecule has 15 heavy (non-hydrogen) atoms. The van der Waals surface area contributed by atoms with E-state index >= 15 is 0 Å². The Morgan fingerprint density at radius 3 is 2.73 bits per heavy atom. The third-order valence-corrected chi connectivity index (χ3v) is 2.80. The average Bonchev–Trinajstić information content (AvgIpc) is 2.46. The Kier molecular flexibility index (Phi) is 4.54. The minimum atomic E-state index is -0.257. The summed E-state index contributed by atoms with van der Waals surface area (Å²) < 4.78 is 0. The number of rotatable bonds is 4. The van der Waals surface area contributed by atoms with Gasteiger partial charge in [-0.15, -0.1) is 0 Å². The van der Waals surface area contributed by atoms with Gasteiger partial charge < -0.3 is 14.9 Å². The highest BCUT2D eigenvalue weighted by molar-refractivity contribution is 5.79. The predicted molar refractivity (Wildman–Crippen MR) is 62.3 cm³/mol. The van der Waals surface area contributed by atoms with Crippen LogP contribution in [0.1, 0.15) is 26.2 Å². The number of nitrogens with one attached hydrogen (secondary N) is 1. The van der Waals surface area contributed by atoms with Crippen molar-refractivity contribution in [2.75, 3.05) is 27.2 Å². The molecule has 1 heterocycles. The molecular weight excluding hydrogens is 190 g/mol. The number of amidine groups is 1. The van der Waals surface area contributed by atoms with E-state index in [1.807, 2.05) is 14.1 Å². The van der Waals surface area contributed by atoms with E-state index in [0.717, 1.165) is 25.8 Å². The molecule has 1 aliphatic heterocycles. The van der Waals surface area contributed by atoms with Gasteiger partial charge in [-0.25, -0.2) is 0 Å². The molecule has 0 aliphatic carbocycles. The third-order valence-electron chi connectivity index (χ3n) is 2.80. The van der Waals surface area contributed by atoms with Crippen molar-refractivity contribution in [3.05, 3.63) is 0 Å². The minimum Gasteiger partial charge on any atom is -0.391 e. The first-order valence-corrected chi connectivity index (χ1v) is 5.71. The molecule has 1 saturated heterocycles. The zero-order valence-corrected chi connectivity index (χ0v) is 10.0. The molecule has 0 spiro atoms. The van der Waals surface area contributed by atoms with Gasteiger partial charge in [0.05, 0.1) is 11.9 Å². The first-order valence-electron chi connectivity index (χ1n) is 5.71. The lowest BCUT2D eigenvalue weighted by Crippen LogP contribution is -2.41. The molecule has 0 saturated carbocycles. The lowest BCUT2D eigenvalue weighted by atomic mass is 10.2. The number of likely N-dealkylation sites (N-methyl/N-ethyl adjacent to an activating group) is 1. The van der Waals surface area contributed by atoms with E-state index in [0.29, 0.717) is 18.4 Å². The summed E-state index contributed by atoms with van der Waals surface area (Å²) in [5.74, 6) is 0.681. The summed E-state index contributed by atoms with van der Waals surface area (Å²) in [7, 11) is 4.07. The monoisotopic (exact) mass is 213 g/mol. The Labute approximate surface area is 92.4 Å². The van der Waals surface area contributed by atoms with Crippen LogP contribution in [-0.2, 0) is 0 Å². The summed E-state index contributed by atoms with van der Waals surface area (Å²) in [6.07, 6.45) is 2.35. The van der Waals surface area contributed by atoms with Gasteiger partial charge in [0.1, 0.15) is 0 Å². The Hall–Kier alpha value is -0.610. The van der Waals surface area contributed by atoms with Crippen molar-refractivity contribution in [3.8, 4) is 0 Å². The van der Waals surface area contributed by atoms with E-state index in [4.69, 9.17) is 5.41 Å². The normalized spacial score (nSPS) is 26.3. The number of nitrogens with zero attached hydrogens (tertiary/aromatic N) is 2. The molecule has 88 valence electrons. The van der Waals surface area contributed by atoms with E-state index < -0.39 is 0 Å². The average molecular weight is 213 g/mol. The summed E-state index contributed by atoms with van der Waals surface area (Å²) in [6, 6.07) is 0.314. The first kappa shape index (κ1) is 12.5. The smallest absolute Gasteiger partial charge is 0.0961 e. The van der Waals surface area contributed by atoms with Gasteiger partial charge in [-0.3, -0.25) is 5.41 Å². The van der Waals surface area contributed by atoms with Gasteiger partial charge >= 0.3 is 0 Å². The maximum absolute atomic E-state index is 9.64. The van der Waals surface area contributed by atoms with E-state index in [9.17, 15) is 5.11 Å². The second kappa shape index (κ2) is 5.47. The molecule has 2 atom stereocenters. The Bertz CT molecular complexity index is 218. The number of aliphatic hydroxyl groups excluding tert-OH is 1. The highest BCUT2D eigenvalue weighted by Crippen LogP contribution is 2.19. The van der Waals surface area contributed by atoms with E-state index in [-0.39, 0.29) is 6.10 Å². The van der Waals surface area contributed by atoms with Crippen LogP contribution in [0.4, 0.5) is 0 Å². The number of hydrogen-bond acceptors (Lipinski definition) is 3. The Morgan fingerprint density at radius 2 is 2.20 bits per heavy atom. The molecule has 4 heteroatoms. The molecule has 0 radical (unpaired) electrons. The van der Waals surface area contributed by atoms with E-state index in [1.165, 1.54) is 0 Å². The predicted octanol–water partition coefficient (Wildman–Crippen LogP) is 0.761. The van der Waals surface area contributed by atoms with Crippen LogP contribution in [0, 0.1) is 5.41 Å². The standard InChI is InChI=1S/C11H23N3O/c1-4-5-11(12)14-8-10(15)6-9(14)7-13(2)3/h9-10,12,15H,4-8H2,1-3H3. The number of aliphatic hydroxyl groups is 1. The van der Waals surface area contributed by atoms with Crippen LogP contribution < -0.4 is 0 Å². The topological polar surface area (TPSA) is 50.6 Å². The van der Waals surface area contributed by atoms with Crippen molar-refractivity contribution in [2.45, 2.75) is 38.3 Å². The van der Waals surface area contributed by atoms with Gasteiger partial charge in [-0.2, -0.15) is 0 Å². The second-order valence-electron chi connectivity index (χ2n) is 4.65. The van der Waals surface area contributed by atoms with Gasteiger partial charge in [-0.1, -0.05) is 6.92 Å². The molecule has 1 fully saturated rings. The second-order valence-corrected chi connectivity index (χ2v) is 4.65. The fourth-order valence-corrected chi connectivity index (χ4v) is 2.20. The lowest BCUT2D eigenvalue weighted by molar-refractivity contribution is 0.187. The lowest BCUT2D eigenvalue weighted by Gasteiger charge is -2.28. The van der Waals surface area contributed by atoms with Gasteiger partial charge in [0.2, 0.25) is 0 Å². The van der Waals surface area contributed by atoms with Gasteiger partial charge in [-0.05, 0) is 26.9 Å². The van der Waals surface area contributed by atoms with Crippen molar-refractivity contribution < 1.29 is 5.11 Å². The summed E-state index contributed by atoms with van der Waals surface area (Å²) >= 11 is 0. The molecular formula is C11H23N3O. The van der Waals surface area contributed by atoms with Crippen molar-refractivity contribution in [2.24, 2.45) is 0 Å². The van der Waals surface area contributed by atoms with Crippen LogP contribution in [0.15, 0.2) is 0 Å². The molecule has 0 aromatic carbocycles. The first-order chi connectivity index (χ1) is 7.04. The maximum Gasteiger partial charge on any atom is 0.0961 e. The van der Waals surface area contributed by atoms with Gasteiger partial charge in [0.25, 0.3) is 0 Å². The quantitative estimate of drug-likeness (QED) is 0.535.